The molecule has 2 aliphatic heterocycles. The summed E-state index contributed by atoms with van der Waals surface area (Å²) < 4.78 is 3.12. The molecule has 0 radical (unpaired) electrons. The molecule has 28 heavy (non-hydrogen) atoms. The zero-order valence-corrected chi connectivity index (χ0v) is 16.4. The summed E-state index contributed by atoms with van der Waals surface area (Å²) in [5, 5.41) is 5.60. The number of nitrogens with one attached hydrogen (secondary N) is 2. The fourth-order valence-electron chi connectivity index (χ4n) is 4.46. The number of rotatable bonds is 4. The van der Waals surface area contributed by atoms with Crippen molar-refractivity contribution in [2.75, 3.05) is 31.6 Å². The molecule has 2 N–H and O–H groups in total. The molecule has 8 heteroatoms. The first-order valence-electron chi connectivity index (χ1n) is 9.94. The molecule has 2 amide bonds. The normalized spacial score (nSPS) is 21.4. The van der Waals surface area contributed by atoms with Crippen molar-refractivity contribution in [1.82, 2.24) is 19.8 Å². The maximum absolute atomic E-state index is 12.9. The van der Waals surface area contributed by atoms with Gasteiger partial charge in [0.15, 0.2) is 0 Å². The molecule has 0 spiro atoms. The summed E-state index contributed by atoms with van der Waals surface area (Å²) >= 11 is 0. The maximum atomic E-state index is 12.9. The highest BCUT2D eigenvalue weighted by molar-refractivity contribution is 6.00. The van der Waals surface area contributed by atoms with Crippen LogP contribution < -0.4 is 21.2 Å². The van der Waals surface area contributed by atoms with Gasteiger partial charge in [-0.3, -0.25) is 24.0 Å². The van der Waals surface area contributed by atoms with Crippen LogP contribution in [0.15, 0.2) is 23.0 Å². The lowest BCUT2D eigenvalue weighted by Crippen LogP contribution is -2.44. The van der Waals surface area contributed by atoms with Crippen LogP contribution in [0.25, 0.3) is 11.0 Å². The molecule has 1 aromatic carbocycles. The average molecular weight is 385 g/mol. The minimum absolute atomic E-state index is 0.227. The number of carbonyl (C=O) groups excluding carboxylic acids is 2. The average Bonchev–Trinajstić information content (AvgIpc) is 2.93. The lowest BCUT2D eigenvalue weighted by Gasteiger charge is -2.33. The van der Waals surface area contributed by atoms with Gasteiger partial charge in [-0.2, -0.15) is 0 Å². The van der Waals surface area contributed by atoms with Crippen LogP contribution in [0.3, 0.4) is 0 Å². The van der Waals surface area contributed by atoms with E-state index in [4.69, 9.17) is 0 Å². The van der Waals surface area contributed by atoms with Gasteiger partial charge in [-0.1, -0.05) is 0 Å². The van der Waals surface area contributed by atoms with Crippen LogP contribution in [0.1, 0.15) is 31.7 Å². The number of anilines is 1. The topological polar surface area (TPSA) is 88.4 Å². The second-order valence-corrected chi connectivity index (χ2v) is 7.84. The number of imide groups is 1. The van der Waals surface area contributed by atoms with E-state index in [1.165, 1.54) is 4.57 Å². The van der Waals surface area contributed by atoms with E-state index in [9.17, 15) is 14.4 Å². The van der Waals surface area contributed by atoms with Gasteiger partial charge in [0.05, 0.1) is 11.0 Å². The number of fused-ring (bicyclic) bond motifs is 1. The molecule has 150 valence electrons. The van der Waals surface area contributed by atoms with E-state index in [-0.39, 0.29) is 18.0 Å². The van der Waals surface area contributed by atoms with Gasteiger partial charge in [0, 0.05) is 32.2 Å². The zero-order valence-electron chi connectivity index (χ0n) is 16.4. The van der Waals surface area contributed by atoms with Crippen molar-refractivity contribution in [1.29, 1.82) is 0 Å². The van der Waals surface area contributed by atoms with Crippen molar-refractivity contribution < 1.29 is 9.59 Å². The smallest absolute Gasteiger partial charge is 0.329 e. The molecule has 0 aliphatic carbocycles. The van der Waals surface area contributed by atoms with Crippen molar-refractivity contribution in [3.05, 3.63) is 28.7 Å². The first-order valence-corrected chi connectivity index (χ1v) is 9.94. The highest BCUT2D eigenvalue weighted by atomic mass is 16.2. The van der Waals surface area contributed by atoms with Gasteiger partial charge in [-0.05, 0) is 57.0 Å². The highest BCUT2D eigenvalue weighted by Gasteiger charge is 2.31. The molecule has 1 atom stereocenters. The summed E-state index contributed by atoms with van der Waals surface area (Å²) in [5.41, 5.74) is 2.42. The summed E-state index contributed by atoms with van der Waals surface area (Å²) in [5.74, 6) is 0.0305. The molecule has 1 unspecified atom stereocenters. The van der Waals surface area contributed by atoms with Crippen LogP contribution in [-0.2, 0) is 16.6 Å². The number of nitrogens with zero attached hydrogens (tertiary/aromatic N) is 3. The largest absolute Gasteiger partial charge is 0.371 e. The van der Waals surface area contributed by atoms with E-state index >= 15 is 0 Å². The van der Waals surface area contributed by atoms with E-state index in [1.807, 2.05) is 25.2 Å². The molecule has 0 bridgehead atoms. The van der Waals surface area contributed by atoms with Gasteiger partial charge < -0.3 is 10.2 Å². The number of benzene rings is 1. The lowest BCUT2D eigenvalue weighted by molar-refractivity contribution is -0.135. The molecule has 1 aromatic heterocycles. The Bertz CT molecular complexity index is 968. The number of hydrogen-bond acceptors (Lipinski definition) is 5. The Labute approximate surface area is 163 Å². The van der Waals surface area contributed by atoms with Crippen molar-refractivity contribution in [2.24, 2.45) is 13.0 Å². The third-order valence-corrected chi connectivity index (χ3v) is 6.07. The van der Waals surface area contributed by atoms with Crippen LogP contribution in [-0.4, -0.2) is 47.6 Å². The third-order valence-electron chi connectivity index (χ3n) is 6.07. The van der Waals surface area contributed by atoms with Crippen molar-refractivity contribution in [2.45, 2.75) is 31.7 Å². The molecule has 3 heterocycles. The van der Waals surface area contributed by atoms with Crippen molar-refractivity contribution >= 4 is 28.5 Å². The second-order valence-electron chi connectivity index (χ2n) is 7.84. The van der Waals surface area contributed by atoms with Gasteiger partial charge in [-0.15, -0.1) is 0 Å². The number of aryl methyl sites for hydroxylation is 1. The number of hydrogen-bond donors (Lipinski definition) is 2. The Hall–Kier alpha value is -2.61. The van der Waals surface area contributed by atoms with E-state index < -0.39 is 11.9 Å². The monoisotopic (exact) mass is 385 g/mol. The van der Waals surface area contributed by atoms with Crippen LogP contribution in [0, 0.1) is 5.92 Å². The van der Waals surface area contributed by atoms with Crippen LogP contribution in [0.5, 0.6) is 0 Å². The number of aromatic nitrogens is 2. The van der Waals surface area contributed by atoms with Crippen molar-refractivity contribution in [3.63, 3.8) is 0 Å². The fraction of sp³-hybridized carbons (Fsp3) is 0.550. The van der Waals surface area contributed by atoms with Crippen molar-refractivity contribution in [3.8, 4) is 0 Å². The molecule has 4 rings (SSSR count). The first-order chi connectivity index (χ1) is 13.5. The Kier molecular flexibility index (Phi) is 4.97. The molecule has 2 aromatic rings. The lowest BCUT2D eigenvalue weighted by atomic mass is 9.96. The maximum Gasteiger partial charge on any atom is 0.329 e. The molecule has 2 aliphatic rings. The summed E-state index contributed by atoms with van der Waals surface area (Å²) in [6, 6.07) is 5.35. The number of imidazole rings is 1. The SMILES string of the molecule is CNCC1CCN(c2ccc3c(c2)n(C)c(=O)n3C2CCC(=O)NC2=O)CC1. The van der Waals surface area contributed by atoms with Gasteiger partial charge >= 0.3 is 5.69 Å². The van der Waals surface area contributed by atoms with Crippen LogP contribution >= 0.6 is 0 Å². The van der Waals surface area contributed by atoms with Crippen LogP contribution in [0.4, 0.5) is 5.69 Å². The molecule has 8 nitrogen and oxygen atoms in total. The summed E-state index contributed by atoms with van der Waals surface area (Å²) in [6.45, 7) is 3.05. The molecule has 0 saturated carbocycles. The van der Waals surface area contributed by atoms with E-state index in [0.29, 0.717) is 12.3 Å². The van der Waals surface area contributed by atoms with E-state index in [2.05, 4.69) is 15.5 Å². The molecular formula is C20H27N5O3. The third kappa shape index (κ3) is 3.22. The minimum Gasteiger partial charge on any atom is -0.371 e. The Morgan fingerprint density at radius 3 is 2.54 bits per heavy atom. The minimum atomic E-state index is -0.642. The Morgan fingerprint density at radius 1 is 1.11 bits per heavy atom. The van der Waals surface area contributed by atoms with Gasteiger partial charge in [0.2, 0.25) is 11.8 Å². The Morgan fingerprint density at radius 2 is 1.86 bits per heavy atom. The van der Waals surface area contributed by atoms with E-state index in [0.717, 1.165) is 49.2 Å². The molecule has 2 fully saturated rings. The molecular weight excluding hydrogens is 358 g/mol. The summed E-state index contributed by atoms with van der Waals surface area (Å²) in [6.07, 6.45) is 2.90. The van der Waals surface area contributed by atoms with Gasteiger partial charge in [0.25, 0.3) is 0 Å². The number of piperidine rings is 2. The quantitative estimate of drug-likeness (QED) is 0.759. The second kappa shape index (κ2) is 7.43. The fourth-order valence-corrected chi connectivity index (χ4v) is 4.46. The predicted octanol–water partition coefficient (Wildman–Crippen LogP) is 0.754. The van der Waals surface area contributed by atoms with Crippen LogP contribution in [0.2, 0.25) is 0 Å². The predicted molar refractivity (Wildman–Crippen MR) is 107 cm³/mol. The van der Waals surface area contributed by atoms with Gasteiger partial charge in [-0.25, -0.2) is 4.79 Å². The molecule has 2 saturated heterocycles. The Balaban J connectivity index is 1.65. The highest BCUT2D eigenvalue weighted by Crippen LogP contribution is 2.28. The first kappa shape index (κ1) is 18.7. The number of carbonyl (C=O) groups is 2. The number of amides is 2. The van der Waals surface area contributed by atoms with E-state index in [1.54, 1.807) is 11.6 Å². The zero-order chi connectivity index (χ0) is 19.8. The standard InChI is InChI=1S/C20H27N5O3/c1-21-12-13-7-9-24(10-8-13)14-3-4-15-17(11-14)23(2)20(28)25(15)16-5-6-18(26)22-19(16)27/h3-4,11,13,16,21H,5-10,12H2,1-2H3,(H,22,26,27). The summed E-state index contributed by atoms with van der Waals surface area (Å²) in [4.78, 5) is 39.0. The van der Waals surface area contributed by atoms with Gasteiger partial charge in [0.1, 0.15) is 6.04 Å². The summed E-state index contributed by atoms with van der Waals surface area (Å²) in [7, 11) is 3.73.